The number of hydrogen-bond donors (Lipinski definition) is 1. The van der Waals surface area contributed by atoms with E-state index in [2.05, 4.69) is 6.92 Å². The van der Waals surface area contributed by atoms with E-state index in [1.165, 1.54) is 5.56 Å². The van der Waals surface area contributed by atoms with Gasteiger partial charge < -0.3 is 5.11 Å². The summed E-state index contributed by atoms with van der Waals surface area (Å²) < 4.78 is 22.9. The quantitative estimate of drug-likeness (QED) is 0.910. The lowest BCUT2D eigenvalue weighted by atomic mass is 9.93. The molecule has 1 aromatic rings. The Bertz CT molecular complexity index is 508. The number of hydrogen-bond acceptors (Lipinski definition) is 3. The Morgan fingerprint density at radius 2 is 2.22 bits per heavy atom. The summed E-state index contributed by atoms with van der Waals surface area (Å²) in [7, 11) is -2.93. The fraction of sp³-hybridized carbons (Fsp3) is 0.571. The van der Waals surface area contributed by atoms with Gasteiger partial charge in [-0.2, -0.15) is 0 Å². The molecule has 0 spiro atoms. The Morgan fingerprint density at radius 1 is 1.44 bits per heavy atom. The van der Waals surface area contributed by atoms with Crippen LogP contribution >= 0.6 is 0 Å². The summed E-state index contributed by atoms with van der Waals surface area (Å²) in [6.07, 6.45) is 1.97. The van der Waals surface area contributed by atoms with Crippen molar-refractivity contribution in [3.05, 3.63) is 35.4 Å². The zero-order chi connectivity index (χ0) is 13.2. The first-order valence-corrected chi connectivity index (χ1v) is 8.31. The van der Waals surface area contributed by atoms with E-state index in [1.807, 2.05) is 24.3 Å². The third-order valence-electron chi connectivity index (χ3n) is 3.55. The van der Waals surface area contributed by atoms with Gasteiger partial charge in [0.2, 0.25) is 0 Å². The molecule has 1 N–H and O–H groups in total. The molecule has 0 bridgehead atoms. The first kappa shape index (κ1) is 13.6. The highest BCUT2D eigenvalue weighted by Crippen LogP contribution is 2.31. The van der Waals surface area contributed by atoms with Gasteiger partial charge in [0.25, 0.3) is 0 Å². The number of aliphatic hydroxyl groups is 1. The fourth-order valence-corrected chi connectivity index (χ4v) is 4.40. The molecule has 2 rings (SSSR count). The predicted molar refractivity (Wildman–Crippen MR) is 72.2 cm³/mol. The average Bonchev–Trinajstić information content (AvgIpc) is 2.70. The van der Waals surface area contributed by atoms with E-state index in [4.69, 9.17) is 0 Å². The maximum Gasteiger partial charge on any atom is 0.150 e. The number of rotatable bonds is 4. The van der Waals surface area contributed by atoms with Gasteiger partial charge in [-0.25, -0.2) is 8.42 Å². The molecule has 1 saturated heterocycles. The van der Waals surface area contributed by atoms with Crippen LogP contribution in [0.4, 0.5) is 0 Å². The van der Waals surface area contributed by atoms with Crippen molar-refractivity contribution in [3.8, 4) is 0 Å². The van der Waals surface area contributed by atoms with Crippen LogP contribution in [0, 0.1) is 5.92 Å². The summed E-state index contributed by atoms with van der Waals surface area (Å²) in [6, 6.07) is 7.87. The van der Waals surface area contributed by atoms with Crippen molar-refractivity contribution in [1.82, 2.24) is 0 Å². The summed E-state index contributed by atoms with van der Waals surface area (Å²) >= 11 is 0. The van der Waals surface area contributed by atoms with Crippen molar-refractivity contribution in [2.24, 2.45) is 5.92 Å². The van der Waals surface area contributed by atoms with Crippen LogP contribution in [0.25, 0.3) is 0 Å². The van der Waals surface area contributed by atoms with Crippen LogP contribution in [-0.4, -0.2) is 25.0 Å². The zero-order valence-electron chi connectivity index (χ0n) is 10.7. The summed E-state index contributed by atoms with van der Waals surface area (Å²) in [4.78, 5) is 0. The second-order valence-electron chi connectivity index (χ2n) is 5.10. The SMILES string of the molecule is CCCc1cccc(C(O)C2CCS(=O)(=O)C2)c1. The van der Waals surface area contributed by atoms with E-state index in [9.17, 15) is 13.5 Å². The van der Waals surface area contributed by atoms with Crippen LogP contribution < -0.4 is 0 Å². The number of benzene rings is 1. The van der Waals surface area contributed by atoms with E-state index in [-0.39, 0.29) is 17.4 Å². The second kappa shape index (κ2) is 5.41. The molecule has 1 heterocycles. The molecule has 2 atom stereocenters. The molecule has 3 nitrogen and oxygen atoms in total. The summed E-state index contributed by atoms with van der Waals surface area (Å²) in [6.45, 7) is 2.12. The first-order valence-electron chi connectivity index (χ1n) is 6.49. The average molecular weight is 268 g/mol. The highest BCUT2D eigenvalue weighted by Gasteiger charge is 2.33. The first-order chi connectivity index (χ1) is 8.52. The van der Waals surface area contributed by atoms with Gasteiger partial charge in [-0.1, -0.05) is 37.6 Å². The Morgan fingerprint density at radius 3 is 2.83 bits per heavy atom. The van der Waals surface area contributed by atoms with Crippen molar-refractivity contribution in [3.63, 3.8) is 0 Å². The largest absolute Gasteiger partial charge is 0.388 e. The lowest BCUT2D eigenvalue weighted by Crippen LogP contribution is -2.14. The summed E-state index contributed by atoms with van der Waals surface area (Å²) in [5.74, 6) is 0.183. The topological polar surface area (TPSA) is 54.4 Å². The molecule has 100 valence electrons. The molecule has 0 radical (unpaired) electrons. The van der Waals surface area contributed by atoms with Crippen LogP contribution in [-0.2, 0) is 16.3 Å². The molecule has 0 aromatic heterocycles. The number of aliphatic hydroxyl groups excluding tert-OH is 1. The van der Waals surface area contributed by atoms with Crippen molar-refractivity contribution < 1.29 is 13.5 Å². The van der Waals surface area contributed by atoms with E-state index in [1.54, 1.807) is 0 Å². The molecule has 0 saturated carbocycles. The van der Waals surface area contributed by atoms with Gasteiger partial charge in [0.1, 0.15) is 0 Å². The zero-order valence-corrected chi connectivity index (χ0v) is 11.5. The smallest absolute Gasteiger partial charge is 0.150 e. The molecule has 1 aliphatic rings. The third kappa shape index (κ3) is 3.12. The maximum atomic E-state index is 11.4. The molecular weight excluding hydrogens is 248 g/mol. The minimum absolute atomic E-state index is 0.117. The Hall–Kier alpha value is -0.870. The molecule has 1 aromatic carbocycles. The van der Waals surface area contributed by atoms with Gasteiger partial charge in [-0.3, -0.25) is 0 Å². The van der Waals surface area contributed by atoms with Crippen LogP contribution in [0.15, 0.2) is 24.3 Å². The normalized spacial score (nSPS) is 24.0. The van der Waals surface area contributed by atoms with E-state index >= 15 is 0 Å². The van der Waals surface area contributed by atoms with Crippen LogP contribution in [0.5, 0.6) is 0 Å². The Kier molecular flexibility index (Phi) is 4.07. The lowest BCUT2D eigenvalue weighted by molar-refractivity contribution is 0.121. The third-order valence-corrected chi connectivity index (χ3v) is 5.34. The van der Waals surface area contributed by atoms with E-state index < -0.39 is 15.9 Å². The highest BCUT2D eigenvalue weighted by atomic mass is 32.2. The molecular formula is C14H20O3S. The number of aryl methyl sites for hydroxylation is 1. The molecule has 1 fully saturated rings. The van der Waals surface area contributed by atoms with Crippen molar-refractivity contribution >= 4 is 9.84 Å². The fourth-order valence-electron chi connectivity index (χ4n) is 2.57. The molecule has 1 aliphatic heterocycles. The Labute approximate surface area is 109 Å². The van der Waals surface area contributed by atoms with Crippen LogP contribution in [0.2, 0.25) is 0 Å². The van der Waals surface area contributed by atoms with Crippen molar-refractivity contribution in [2.75, 3.05) is 11.5 Å². The van der Waals surface area contributed by atoms with Gasteiger partial charge in [0.05, 0.1) is 17.6 Å². The summed E-state index contributed by atoms with van der Waals surface area (Å²) in [5.41, 5.74) is 2.05. The molecule has 4 heteroatoms. The molecule has 0 aliphatic carbocycles. The van der Waals surface area contributed by atoms with E-state index in [0.29, 0.717) is 6.42 Å². The minimum atomic E-state index is -2.93. The van der Waals surface area contributed by atoms with E-state index in [0.717, 1.165) is 18.4 Å². The minimum Gasteiger partial charge on any atom is -0.388 e. The second-order valence-corrected chi connectivity index (χ2v) is 7.33. The van der Waals surface area contributed by atoms with Gasteiger partial charge >= 0.3 is 0 Å². The predicted octanol–water partition coefficient (Wildman–Crippen LogP) is 2.11. The number of sulfone groups is 1. The summed E-state index contributed by atoms with van der Waals surface area (Å²) in [5, 5.41) is 10.3. The monoisotopic (exact) mass is 268 g/mol. The van der Waals surface area contributed by atoms with Gasteiger partial charge in [-0.15, -0.1) is 0 Å². The Balaban J connectivity index is 2.13. The molecule has 2 unspecified atom stereocenters. The van der Waals surface area contributed by atoms with Crippen molar-refractivity contribution in [1.29, 1.82) is 0 Å². The highest BCUT2D eigenvalue weighted by molar-refractivity contribution is 7.91. The lowest BCUT2D eigenvalue weighted by Gasteiger charge is -2.17. The van der Waals surface area contributed by atoms with Crippen molar-refractivity contribution in [2.45, 2.75) is 32.3 Å². The van der Waals surface area contributed by atoms with Gasteiger partial charge in [-0.05, 0) is 24.0 Å². The van der Waals surface area contributed by atoms with Crippen LogP contribution in [0.1, 0.15) is 37.0 Å². The van der Waals surface area contributed by atoms with Gasteiger partial charge in [0.15, 0.2) is 9.84 Å². The molecule has 18 heavy (non-hydrogen) atoms. The molecule has 0 amide bonds. The van der Waals surface area contributed by atoms with Gasteiger partial charge in [0, 0.05) is 5.92 Å². The standard InChI is InChI=1S/C14H20O3S/c1-2-4-11-5-3-6-12(9-11)14(15)13-7-8-18(16,17)10-13/h3,5-6,9,13-15H,2,4,7-8,10H2,1H3. The maximum absolute atomic E-state index is 11.4. The van der Waals surface area contributed by atoms with Crippen LogP contribution in [0.3, 0.4) is 0 Å².